The smallest absolute Gasteiger partial charge is 0.262 e. The largest absolute Gasteiger partial charge is 0.484 e. The van der Waals surface area contributed by atoms with Gasteiger partial charge in [0.1, 0.15) is 5.75 Å². The number of amides is 1. The van der Waals surface area contributed by atoms with Crippen LogP contribution in [0.1, 0.15) is 26.3 Å². The summed E-state index contributed by atoms with van der Waals surface area (Å²) in [7, 11) is -3.37. The van der Waals surface area contributed by atoms with Crippen molar-refractivity contribution in [2.45, 2.75) is 26.2 Å². The second-order valence-corrected chi connectivity index (χ2v) is 8.81. The van der Waals surface area contributed by atoms with E-state index >= 15 is 0 Å². The average molecular weight is 376 g/mol. The molecule has 0 aliphatic rings. The van der Waals surface area contributed by atoms with Crippen molar-refractivity contribution in [1.82, 2.24) is 0 Å². The SMILES string of the molecule is CC(C)(C)c1ccc(OCC(=O)Nc2cccc(NS(C)(=O)=O)c2)cc1. The number of carbonyl (C=O) groups is 1. The molecule has 0 radical (unpaired) electrons. The van der Waals surface area contributed by atoms with E-state index in [4.69, 9.17) is 4.74 Å². The molecule has 0 spiro atoms. The van der Waals surface area contributed by atoms with Gasteiger partial charge in [-0.2, -0.15) is 0 Å². The fourth-order valence-electron chi connectivity index (χ4n) is 2.27. The summed E-state index contributed by atoms with van der Waals surface area (Å²) in [5.41, 5.74) is 2.10. The maximum absolute atomic E-state index is 12.0. The summed E-state index contributed by atoms with van der Waals surface area (Å²) < 4.78 is 30.4. The Kier molecular flexibility index (Phi) is 5.92. The van der Waals surface area contributed by atoms with Gasteiger partial charge in [0.2, 0.25) is 10.0 Å². The lowest BCUT2D eigenvalue weighted by Gasteiger charge is -2.19. The van der Waals surface area contributed by atoms with Crippen LogP contribution in [-0.2, 0) is 20.2 Å². The number of nitrogens with one attached hydrogen (secondary N) is 2. The minimum Gasteiger partial charge on any atom is -0.484 e. The van der Waals surface area contributed by atoms with Crippen molar-refractivity contribution in [3.8, 4) is 5.75 Å². The molecule has 0 saturated carbocycles. The summed E-state index contributed by atoms with van der Waals surface area (Å²) in [5.74, 6) is 0.280. The molecule has 0 fully saturated rings. The Morgan fingerprint density at radius 3 is 2.23 bits per heavy atom. The van der Waals surface area contributed by atoms with Crippen LogP contribution in [0, 0.1) is 0 Å². The molecular formula is C19H24N2O4S. The third-order valence-corrected chi connectivity index (χ3v) is 4.15. The maximum Gasteiger partial charge on any atom is 0.262 e. The Hall–Kier alpha value is -2.54. The summed E-state index contributed by atoms with van der Waals surface area (Å²) in [5, 5.41) is 2.68. The van der Waals surface area contributed by atoms with Crippen molar-refractivity contribution in [2.75, 3.05) is 22.9 Å². The molecule has 140 valence electrons. The molecule has 6 nitrogen and oxygen atoms in total. The fourth-order valence-corrected chi connectivity index (χ4v) is 2.83. The highest BCUT2D eigenvalue weighted by Gasteiger charge is 2.13. The fraction of sp³-hybridized carbons (Fsp3) is 0.316. The summed E-state index contributed by atoms with van der Waals surface area (Å²) in [6.07, 6.45) is 1.07. The minimum absolute atomic E-state index is 0.0565. The highest BCUT2D eigenvalue weighted by Crippen LogP contribution is 2.24. The molecule has 0 bridgehead atoms. The zero-order valence-corrected chi connectivity index (χ0v) is 16.2. The van der Waals surface area contributed by atoms with Crippen LogP contribution >= 0.6 is 0 Å². The molecule has 0 aromatic heterocycles. The van der Waals surface area contributed by atoms with Crippen LogP contribution < -0.4 is 14.8 Å². The van der Waals surface area contributed by atoms with Crippen LogP contribution in [-0.4, -0.2) is 27.2 Å². The Bertz CT molecular complexity index is 869. The Morgan fingerprint density at radius 1 is 1.04 bits per heavy atom. The van der Waals surface area contributed by atoms with Gasteiger partial charge in [-0.1, -0.05) is 39.0 Å². The van der Waals surface area contributed by atoms with Crippen LogP contribution in [0.5, 0.6) is 5.75 Å². The lowest BCUT2D eigenvalue weighted by Crippen LogP contribution is -2.20. The standard InChI is InChI=1S/C19H24N2O4S/c1-19(2,3)14-8-10-17(11-9-14)25-13-18(22)20-15-6-5-7-16(12-15)21-26(4,23)24/h5-12,21H,13H2,1-4H3,(H,20,22). The van der Waals surface area contributed by atoms with Crippen LogP contribution in [0.25, 0.3) is 0 Å². The van der Waals surface area contributed by atoms with E-state index in [9.17, 15) is 13.2 Å². The molecule has 2 rings (SSSR count). The minimum atomic E-state index is -3.37. The van der Waals surface area contributed by atoms with Gasteiger partial charge in [0, 0.05) is 5.69 Å². The van der Waals surface area contributed by atoms with Crippen molar-refractivity contribution in [3.63, 3.8) is 0 Å². The molecule has 0 atom stereocenters. The third kappa shape index (κ3) is 6.40. The van der Waals surface area contributed by atoms with E-state index in [1.54, 1.807) is 18.2 Å². The van der Waals surface area contributed by atoms with E-state index in [-0.39, 0.29) is 17.9 Å². The number of ether oxygens (including phenoxy) is 1. The summed E-state index contributed by atoms with van der Waals surface area (Å²) in [6.45, 7) is 6.24. The predicted molar refractivity (Wildman–Crippen MR) is 104 cm³/mol. The van der Waals surface area contributed by atoms with Gasteiger partial charge in [-0.05, 0) is 41.3 Å². The molecule has 2 aromatic carbocycles. The first-order valence-electron chi connectivity index (χ1n) is 8.14. The number of hydrogen-bond donors (Lipinski definition) is 2. The number of rotatable bonds is 6. The van der Waals surface area contributed by atoms with Crippen LogP contribution in [0.15, 0.2) is 48.5 Å². The van der Waals surface area contributed by atoms with E-state index in [1.807, 2.05) is 24.3 Å². The van der Waals surface area contributed by atoms with Crippen molar-refractivity contribution in [2.24, 2.45) is 0 Å². The highest BCUT2D eigenvalue weighted by atomic mass is 32.2. The lowest BCUT2D eigenvalue weighted by molar-refractivity contribution is -0.118. The van der Waals surface area contributed by atoms with Gasteiger partial charge in [0.05, 0.1) is 11.9 Å². The molecule has 7 heteroatoms. The molecule has 0 saturated heterocycles. The van der Waals surface area contributed by atoms with Gasteiger partial charge in [-0.25, -0.2) is 8.42 Å². The molecule has 2 aromatic rings. The normalized spacial score (nSPS) is 11.7. The second-order valence-electron chi connectivity index (χ2n) is 7.07. The Balaban J connectivity index is 1.92. The monoisotopic (exact) mass is 376 g/mol. The van der Waals surface area contributed by atoms with E-state index in [1.165, 1.54) is 11.6 Å². The Labute approximate surface area is 154 Å². The first-order valence-corrected chi connectivity index (χ1v) is 10.0. The van der Waals surface area contributed by atoms with Crippen molar-refractivity contribution < 1.29 is 17.9 Å². The molecule has 0 aliphatic heterocycles. The van der Waals surface area contributed by atoms with Gasteiger partial charge < -0.3 is 10.1 Å². The number of carbonyl (C=O) groups excluding carboxylic acids is 1. The second kappa shape index (κ2) is 7.78. The van der Waals surface area contributed by atoms with Gasteiger partial charge in [0.15, 0.2) is 6.61 Å². The summed E-state index contributed by atoms with van der Waals surface area (Å²) >= 11 is 0. The van der Waals surface area contributed by atoms with Crippen molar-refractivity contribution in [1.29, 1.82) is 0 Å². The number of benzene rings is 2. The number of anilines is 2. The van der Waals surface area contributed by atoms with Crippen molar-refractivity contribution in [3.05, 3.63) is 54.1 Å². The van der Waals surface area contributed by atoms with Gasteiger partial charge in [-0.3, -0.25) is 9.52 Å². The van der Waals surface area contributed by atoms with E-state index in [0.29, 0.717) is 17.1 Å². The molecule has 0 heterocycles. The maximum atomic E-state index is 12.0. The molecule has 0 aliphatic carbocycles. The zero-order chi connectivity index (χ0) is 19.4. The van der Waals surface area contributed by atoms with Gasteiger partial charge in [-0.15, -0.1) is 0 Å². The van der Waals surface area contributed by atoms with Crippen LogP contribution in [0.2, 0.25) is 0 Å². The average Bonchev–Trinajstić information content (AvgIpc) is 2.51. The zero-order valence-electron chi connectivity index (χ0n) is 15.4. The van der Waals surface area contributed by atoms with Crippen LogP contribution in [0.4, 0.5) is 11.4 Å². The first kappa shape index (κ1) is 19.8. The summed E-state index contributed by atoms with van der Waals surface area (Å²) in [4.78, 5) is 12.0. The van der Waals surface area contributed by atoms with Gasteiger partial charge >= 0.3 is 0 Å². The predicted octanol–water partition coefficient (Wildman–Crippen LogP) is 3.37. The van der Waals surface area contributed by atoms with Gasteiger partial charge in [0.25, 0.3) is 5.91 Å². The molecule has 26 heavy (non-hydrogen) atoms. The molecule has 1 amide bonds. The van der Waals surface area contributed by atoms with Crippen LogP contribution in [0.3, 0.4) is 0 Å². The van der Waals surface area contributed by atoms with E-state index < -0.39 is 10.0 Å². The summed E-state index contributed by atoms with van der Waals surface area (Å²) in [6, 6.07) is 14.1. The third-order valence-electron chi connectivity index (χ3n) is 3.54. The van der Waals surface area contributed by atoms with E-state index in [2.05, 4.69) is 30.8 Å². The highest BCUT2D eigenvalue weighted by molar-refractivity contribution is 7.92. The quantitative estimate of drug-likeness (QED) is 0.809. The number of sulfonamides is 1. The first-order chi connectivity index (χ1) is 12.0. The molecular weight excluding hydrogens is 352 g/mol. The van der Waals surface area contributed by atoms with Crippen molar-refractivity contribution >= 4 is 27.3 Å². The molecule has 2 N–H and O–H groups in total. The van der Waals surface area contributed by atoms with E-state index in [0.717, 1.165) is 6.26 Å². The topological polar surface area (TPSA) is 84.5 Å². The lowest BCUT2D eigenvalue weighted by atomic mass is 9.87. The Morgan fingerprint density at radius 2 is 1.65 bits per heavy atom. The number of hydrogen-bond acceptors (Lipinski definition) is 4. The molecule has 0 unspecified atom stereocenters.